The maximum atomic E-state index is 6.25. The molecule has 2 atom stereocenters. The highest BCUT2D eigenvalue weighted by Crippen LogP contribution is 2.47. The number of fused-ring (bicyclic) bond motifs is 6. The minimum Gasteiger partial charge on any atom is -0.485 e. The third-order valence-corrected chi connectivity index (χ3v) is 7.97. The highest BCUT2D eigenvalue weighted by Gasteiger charge is 2.32. The number of benzene rings is 6. The van der Waals surface area contributed by atoms with Crippen molar-refractivity contribution < 1.29 is 4.74 Å². The standard InChI is InChI=1S/C36H24O/c1-2-10-24-21-25(18-17-23(24)9-1)35-28-12-3-5-14-30(28)36(31-15-6-4-13-29(31)35)26-19-20-34-32(22-26)27-11-7-8-16-33(27)37-34/h1-22,27,33H. The predicted octanol–water partition coefficient (Wildman–Crippen LogP) is 9.45. The molecular weight excluding hydrogens is 448 g/mol. The summed E-state index contributed by atoms with van der Waals surface area (Å²) in [6.45, 7) is 0. The molecule has 1 aliphatic carbocycles. The first kappa shape index (κ1) is 20.6. The van der Waals surface area contributed by atoms with Crippen LogP contribution in [0.2, 0.25) is 0 Å². The van der Waals surface area contributed by atoms with Crippen LogP contribution in [0.1, 0.15) is 11.5 Å². The van der Waals surface area contributed by atoms with Crippen molar-refractivity contribution in [2.75, 3.05) is 0 Å². The zero-order valence-electron chi connectivity index (χ0n) is 20.3. The van der Waals surface area contributed by atoms with E-state index in [9.17, 15) is 0 Å². The smallest absolute Gasteiger partial charge is 0.128 e. The molecule has 37 heavy (non-hydrogen) atoms. The molecule has 0 spiro atoms. The number of ether oxygens (including phenoxy) is 1. The van der Waals surface area contributed by atoms with Gasteiger partial charge in [0.05, 0.1) is 0 Å². The van der Waals surface area contributed by atoms with Gasteiger partial charge in [0.1, 0.15) is 11.9 Å². The molecule has 8 rings (SSSR count). The zero-order chi connectivity index (χ0) is 24.3. The molecule has 0 aromatic heterocycles. The van der Waals surface area contributed by atoms with Crippen LogP contribution < -0.4 is 4.74 Å². The van der Waals surface area contributed by atoms with Crippen LogP contribution in [0.25, 0.3) is 54.6 Å². The van der Waals surface area contributed by atoms with Crippen LogP contribution in [0, 0.1) is 0 Å². The van der Waals surface area contributed by atoms with Crippen molar-refractivity contribution in [3.05, 3.63) is 139 Å². The molecule has 0 N–H and O–H groups in total. The molecule has 2 unspecified atom stereocenters. The summed E-state index contributed by atoms with van der Waals surface area (Å²) in [7, 11) is 0. The zero-order valence-corrected chi connectivity index (χ0v) is 20.3. The van der Waals surface area contributed by atoms with Crippen LogP contribution >= 0.6 is 0 Å². The van der Waals surface area contributed by atoms with Gasteiger partial charge < -0.3 is 4.74 Å². The monoisotopic (exact) mass is 472 g/mol. The highest BCUT2D eigenvalue weighted by atomic mass is 16.5. The number of hydrogen-bond acceptors (Lipinski definition) is 1. The summed E-state index contributed by atoms with van der Waals surface area (Å²) >= 11 is 0. The van der Waals surface area contributed by atoms with Gasteiger partial charge in [0.2, 0.25) is 0 Å². The summed E-state index contributed by atoms with van der Waals surface area (Å²) in [6, 6.07) is 39.9. The molecule has 2 aliphatic rings. The Labute approximate surface area is 216 Å². The Morgan fingerprint density at radius 2 is 1.05 bits per heavy atom. The first-order valence-electron chi connectivity index (χ1n) is 12.9. The van der Waals surface area contributed by atoms with Crippen molar-refractivity contribution in [1.29, 1.82) is 0 Å². The number of rotatable bonds is 2. The van der Waals surface area contributed by atoms with Crippen LogP contribution in [0.3, 0.4) is 0 Å². The molecule has 0 radical (unpaired) electrons. The van der Waals surface area contributed by atoms with Gasteiger partial charge in [0.15, 0.2) is 0 Å². The van der Waals surface area contributed by atoms with E-state index in [1.54, 1.807) is 0 Å². The lowest BCUT2D eigenvalue weighted by molar-refractivity contribution is 0.269. The average Bonchev–Trinajstić information content (AvgIpc) is 3.33. The summed E-state index contributed by atoms with van der Waals surface area (Å²) in [4.78, 5) is 0. The van der Waals surface area contributed by atoms with E-state index < -0.39 is 0 Å². The van der Waals surface area contributed by atoms with Crippen LogP contribution in [0.5, 0.6) is 5.75 Å². The number of hydrogen-bond donors (Lipinski definition) is 0. The maximum absolute atomic E-state index is 6.25. The number of allylic oxidation sites excluding steroid dienone is 2. The van der Waals surface area contributed by atoms with Gasteiger partial charge in [0.25, 0.3) is 0 Å². The highest BCUT2D eigenvalue weighted by molar-refractivity contribution is 6.21. The molecule has 174 valence electrons. The molecule has 6 aromatic carbocycles. The van der Waals surface area contributed by atoms with E-state index in [0.717, 1.165) is 5.75 Å². The van der Waals surface area contributed by atoms with Crippen molar-refractivity contribution in [2.45, 2.75) is 12.0 Å². The second kappa shape index (κ2) is 7.94. The van der Waals surface area contributed by atoms with Gasteiger partial charge in [-0.1, -0.05) is 109 Å². The van der Waals surface area contributed by atoms with Crippen LogP contribution in [0.4, 0.5) is 0 Å². The van der Waals surface area contributed by atoms with E-state index >= 15 is 0 Å². The molecule has 0 amide bonds. The molecule has 0 saturated carbocycles. The van der Waals surface area contributed by atoms with Gasteiger partial charge in [0, 0.05) is 11.5 Å². The first-order chi connectivity index (χ1) is 18.3. The predicted molar refractivity (Wildman–Crippen MR) is 155 cm³/mol. The van der Waals surface area contributed by atoms with Gasteiger partial charge in [-0.3, -0.25) is 0 Å². The Bertz CT molecular complexity index is 1870. The Kier molecular flexibility index (Phi) is 4.41. The Morgan fingerprint density at radius 3 is 1.76 bits per heavy atom. The SMILES string of the molecule is C1=CC2Oc3ccc(-c4c5ccccc5c(-c5ccc6ccccc6c5)c5ccccc45)cc3C2C=C1. The van der Waals surface area contributed by atoms with Crippen LogP contribution in [-0.4, -0.2) is 6.10 Å². The fraction of sp³-hybridized carbons (Fsp3) is 0.0556. The third kappa shape index (κ3) is 3.11. The Hall–Kier alpha value is -4.62. The van der Waals surface area contributed by atoms with Crippen molar-refractivity contribution >= 4 is 32.3 Å². The van der Waals surface area contributed by atoms with Crippen molar-refractivity contribution in [3.8, 4) is 28.0 Å². The van der Waals surface area contributed by atoms with Gasteiger partial charge in [-0.05, 0) is 78.8 Å². The fourth-order valence-electron chi connectivity index (χ4n) is 6.29. The van der Waals surface area contributed by atoms with Gasteiger partial charge in [-0.25, -0.2) is 0 Å². The van der Waals surface area contributed by atoms with E-state index in [0.29, 0.717) is 0 Å². The minimum absolute atomic E-state index is 0.0963. The third-order valence-electron chi connectivity index (χ3n) is 7.97. The molecule has 1 nitrogen and oxygen atoms in total. The quantitative estimate of drug-likeness (QED) is 0.228. The summed E-state index contributed by atoms with van der Waals surface area (Å²) < 4.78 is 6.25. The molecule has 0 bridgehead atoms. The van der Waals surface area contributed by atoms with E-state index in [1.165, 1.54) is 60.1 Å². The molecule has 6 aromatic rings. The van der Waals surface area contributed by atoms with E-state index in [1.807, 2.05) is 0 Å². The van der Waals surface area contributed by atoms with Crippen molar-refractivity contribution in [2.24, 2.45) is 0 Å². The summed E-state index contributed by atoms with van der Waals surface area (Å²) in [5.74, 6) is 1.27. The topological polar surface area (TPSA) is 9.23 Å². The van der Waals surface area contributed by atoms with Gasteiger partial charge in [-0.15, -0.1) is 0 Å². The Morgan fingerprint density at radius 1 is 0.486 bits per heavy atom. The lowest BCUT2D eigenvalue weighted by Crippen LogP contribution is -2.15. The van der Waals surface area contributed by atoms with E-state index in [-0.39, 0.29) is 12.0 Å². The van der Waals surface area contributed by atoms with Crippen molar-refractivity contribution in [3.63, 3.8) is 0 Å². The molecule has 1 heterocycles. The van der Waals surface area contributed by atoms with Crippen molar-refractivity contribution in [1.82, 2.24) is 0 Å². The second-order valence-corrected chi connectivity index (χ2v) is 10.0. The van der Waals surface area contributed by atoms with Gasteiger partial charge in [-0.2, -0.15) is 0 Å². The molecule has 0 saturated heterocycles. The first-order valence-corrected chi connectivity index (χ1v) is 12.9. The molecule has 1 aliphatic heterocycles. The lowest BCUT2D eigenvalue weighted by Gasteiger charge is -2.18. The van der Waals surface area contributed by atoms with Crippen LogP contribution in [0.15, 0.2) is 133 Å². The average molecular weight is 473 g/mol. The minimum atomic E-state index is 0.0963. The van der Waals surface area contributed by atoms with Gasteiger partial charge >= 0.3 is 0 Å². The molecule has 0 fully saturated rings. The summed E-state index contributed by atoms with van der Waals surface area (Å²) in [5, 5.41) is 7.64. The molecular formula is C36H24O. The Balaban J connectivity index is 1.42. The second-order valence-electron chi connectivity index (χ2n) is 10.0. The van der Waals surface area contributed by atoms with Crippen LogP contribution in [-0.2, 0) is 0 Å². The largest absolute Gasteiger partial charge is 0.485 e. The van der Waals surface area contributed by atoms with E-state index in [2.05, 4.69) is 133 Å². The molecule has 1 heteroatoms. The lowest BCUT2D eigenvalue weighted by atomic mass is 9.84. The van der Waals surface area contributed by atoms with E-state index in [4.69, 9.17) is 4.74 Å². The normalized spacial score (nSPS) is 17.7. The summed E-state index contributed by atoms with van der Waals surface area (Å²) in [5.41, 5.74) is 6.35. The summed E-state index contributed by atoms with van der Waals surface area (Å²) in [6.07, 6.45) is 8.74. The maximum Gasteiger partial charge on any atom is 0.128 e. The fourth-order valence-corrected chi connectivity index (χ4v) is 6.29.